The highest BCUT2D eigenvalue weighted by Gasteiger charge is 2.11. The van der Waals surface area contributed by atoms with Crippen molar-refractivity contribution < 1.29 is 4.74 Å². The van der Waals surface area contributed by atoms with E-state index in [-0.39, 0.29) is 0 Å². The van der Waals surface area contributed by atoms with Crippen LogP contribution in [0.4, 0.5) is 0 Å². The number of methoxy groups -OCH3 is 1. The topological polar surface area (TPSA) is 21.3 Å². The standard InChI is InChI=1S/C10H12ClNO/c1-13-10-5-8-6-12-3-2-7(8)4-9(10)11/h4-5,12H,2-3,6H2,1H3. The van der Waals surface area contributed by atoms with E-state index in [2.05, 4.69) is 5.32 Å². The summed E-state index contributed by atoms with van der Waals surface area (Å²) in [6.07, 6.45) is 1.05. The van der Waals surface area contributed by atoms with Crippen molar-refractivity contribution >= 4 is 11.6 Å². The van der Waals surface area contributed by atoms with Crippen LogP contribution in [0.15, 0.2) is 12.1 Å². The summed E-state index contributed by atoms with van der Waals surface area (Å²) >= 11 is 6.02. The van der Waals surface area contributed by atoms with E-state index in [0.717, 1.165) is 25.3 Å². The predicted molar refractivity (Wildman–Crippen MR) is 53.4 cm³/mol. The van der Waals surface area contributed by atoms with Crippen LogP contribution in [0.3, 0.4) is 0 Å². The third-order valence-electron chi connectivity index (χ3n) is 2.36. The van der Waals surface area contributed by atoms with Crippen LogP contribution < -0.4 is 10.1 Å². The van der Waals surface area contributed by atoms with Gasteiger partial charge in [0.15, 0.2) is 0 Å². The fraction of sp³-hybridized carbons (Fsp3) is 0.400. The van der Waals surface area contributed by atoms with E-state index >= 15 is 0 Å². The van der Waals surface area contributed by atoms with Crippen molar-refractivity contribution in [2.45, 2.75) is 13.0 Å². The second-order valence-electron chi connectivity index (χ2n) is 3.18. The predicted octanol–water partition coefficient (Wildman–Crippen LogP) is 1.99. The molecule has 0 unspecified atom stereocenters. The molecule has 0 bridgehead atoms. The van der Waals surface area contributed by atoms with Gasteiger partial charge in [-0.05, 0) is 36.2 Å². The lowest BCUT2D eigenvalue weighted by Gasteiger charge is -2.18. The molecule has 2 rings (SSSR count). The summed E-state index contributed by atoms with van der Waals surface area (Å²) in [5.74, 6) is 0.768. The Bertz CT molecular complexity index is 325. The third-order valence-corrected chi connectivity index (χ3v) is 2.66. The summed E-state index contributed by atoms with van der Waals surface area (Å²) in [5.41, 5.74) is 2.64. The first-order chi connectivity index (χ1) is 6.31. The van der Waals surface area contributed by atoms with Crippen molar-refractivity contribution in [3.05, 3.63) is 28.3 Å². The molecule has 1 aliphatic heterocycles. The van der Waals surface area contributed by atoms with E-state index in [1.165, 1.54) is 11.1 Å². The first-order valence-corrected chi connectivity index (χ1v) is 4.75. The van der Waals surface area contributed by atoms with Gasteiger partial charge in [-0.15, -0.1) is 0 Å². The first kappa shape index (κ1) is 8.85. The van der Waals surface area contributed by atoms with Crippen LogP contribution >= 0.6 is 11.6 Å². The molecule has 1 aromatic rings. The van der Waals surface area contributed by atoms with Crippen molar-refractivity contribution in [2.24, 2.45) is 0 Å². The number of hydrogen-bond acceptors (Lipinski definition) is 2. The zero-order chi connectivity index (χ0) is 9.26. The Morgan fingerprint density at radius 2 is 2.23 bits per heavy atom. The minimum absolute atomic E-state index is 0.711. The van der Waals surface area contributed by atoms with Gasteiger partial charge in [0.1, 0.15) is 5.75 Å². The molecule has 0 fully saturated rings. The first-order valence-electron chi connectivity index (χ1n) is 4.37. The summed E-state index contributed by atoms with van der Waals surface area (Å²) < 4.78 is 5.15. The molecule has 0 spiro atoms. The maximum atomic E-state index is 6.02. The van der Waals surface area contributed by atoms with Gasteiger partial charge in [-0.1, -0.05) is 11.6 Å². The molecule has 0 saturated carbocycles. The monoisotopic (exact) mass is 197 g/mol. The van der Waals surface area contributed by atoms with Gasteiger partial charge in [-0.25, -0.2) is 0 Å². The van der Waals surface area contributed by atoms with Gasteiger partial charge in [0.2, 0.25) is 0 Å². The number of hydrogen-bond donors (Lipinski definition) is 1. The summed E-state index contributed by atoms with van der Waals surface area (Å²) in [5, 5.41) is 4.02. The second-order valence-corrected chi connectivity index (χ2v) is 3.59. The van der Waals surface area contributed by atoms with Crippen LogP contribution in [-0.4, -0.2) is 13.7 Å². The number of benzene rings is 1. The molecule has 0 atom stereocenters. The van der Waals surface area contributed by atoms with Crippen molar-refractivity contribution in [1.82, 2.24) is 5.32 Å². The summed E-state index contributed by atoms with van der Waals surface area (Å²) in [4.78, 5) is 0. The molecular formula is C10H12ClNO. The van der Waals surface area contributed by atoms with Crippen LogP contribution in [0.2, 0.25) is 5.02 Å². The highest BCUT2D eigenvalue weighted by Crippen LogP contribution is 2.29. The second kappa shape index (κ2) is 3.56. The third kappa shape index (κ3) is 1.64. The Labute approximate surface area is 82.9 Å². The van der Waals surface area contributed by atoms with E-state index in [9.17, 15) is 0 Å². The Morgan fingerprint density at radius 3 is 3.00 bits per heavy atom. The molecule has 1 heterocycles. The van der Waals surface area contributed by atoms with Crippen molar-refractivity contribution in [1.29, 1.82) is 0 Å². The fourth-order valence-corrected chi connectivity index (χ4v) is 1.90. The van der Waals surface area contributed by atoms with Gasteiger partial charge in [-0.2, -0.15) is 0 Å². The number of fused-ring (bicyclic) bond motifs is 1. The average molecular weight is 198 g/mol. The smallest absolute Gasteiger partial charge is 0.137 e. The quantitative estimate of drug-likeness (QED) is 0.744. The average Bonchev–Trinajstić information content (AvgIpc) is 2.17. The van der Waals surface area contributed by atoms with Crippen molar-refractivity contribution in [3.8, 4) is 5.75 Å². The summed E-state index contributed by atoms with van der Waals surface area (Å²) in [6, 6.07) is 4.03. The van der Waals surface area contributed by atoms with Gasteiger partial charge in [0.25, 0.3) is 0 Å². The molecule has 2 nitrogen and oxygen atoms in total. The zero-order valence-electron chi connectivity index (χ0n) is 7.56. The molecular weight excluding hydrogens is 186 g/mol. The normalized spacial score (nSPS) is 15.2. The number of ether oxygens (including phenoxy) is 1. The van der Waals surface area contributed by atoms with E-state index in [1.807, 2.05) is 12.1 Å². The molecule has 70 valence electrons. The van der Waals surface area contributed by atoms with Crippen LogP contribution in [0.5, 0.6) is 5.75 Å². The van der Waals surface area contributed by atoms with E-state index in [1.54, 1.807) is 7.11 Å². The molecule has 3 heteroatoms. The SMILES string of the molecule is COc1cc2c(cc1Cl)CCNC2. The molecule has 1 aliphatic rings. The lowest BCUT2D eigenvalue weighted by Crippen LogP contribution is -2.23. The minimum atomic E-state index is 0.711. The van der Waals surface area contributed by atoms with Gasteiger partial charge in [-0.3, -0.25) is 0 Å². The van der Waals surface area contributed by atoms with Crippen LogP contribution in [-0.2, 0) is 13.0 Å². The molecule has 0 radical (unpaired) electrons. The highest BCUT2D eigenvalue weighted by atomic mass is 35.5. The maximum Gasteiger partial charge on any atom is 0.137 e. The van der Waals surface area contributed by atoms with Crippen LogP contribution in [0.25, 0.3) is 0 Å². The molecule has 0 amide bonds. The van der Waals surface area contributed by atoms with E-state index < -0.39 is 0 Å². The number of nitrogens with one attached hydrogen (secondary N) is 1. The fourth-order valence-electron chi connectivity index (χ4n) is 1.64. The van der Waals surface area contributed by atoms with Gasteiger partial charge in [0, 0.05) is 6.54 Å². The highest BCUT2D eigenvalue weighted by molar-refractivity contribution is 6.32. The Kier molecular flexibility index (Phi) is 2.42. The maximum absolute atomic E-state index is 6.02. The zero-order valence-corrected chi connectivity index (χ0v) is 8.32. The van der Waals surface area contributed by atoms with E-state index in [0.29, 0.717) is 5.02 Å². The lowest BCUT2D eigenvalue weighted by molar-refractivity contribution is 0.413. The Balaban J connectivity index is 2.44. The minimum Gasteiger partial charge on any atom is -0.495 e. The Morgan fingerprint density at radius 1 is 1.38 bits per heavy atom. The van der Waals surface area contributed by atoms with Crippen LogP contribution in [0, 0.1) is 0 Å². The van der Waals surface area contributed by atoms with Gasteiger partial charge < -0.3 is 10.1 Å². The largest absolute Gasteiger partial charge is 0.495 e. The van der Waals surface area contributed by atoms with E-state index in [4.69, 9.17) is 16.3 Å². The molecule has 1 aromatic carbocycles. The number of halogens is 1. The van der Waals surface area contributed by atoms with Crippen molar-refractivity contribution in [2.75, 3.05) is 13.7 Å². The lowest BCUT2D eigenvalue weighted by atomic mass is 10.0. The summed E-state index contributed by atoms with van der Waals surface area (Å²) in [6.45, 7) is 1.96. The molecule has 0 aliphatic carbocycles. The van der Waals surface area contributed by atoms with Crippen molar-refractivity contribution in [3.63, 3.8) is 0 Å². The van der Waals surface area contributed by atoms with Crippen LogP contribution in [0.1, 0.15) is 11.1 Å². The summed E-state index contributed by atoms with van der Waals surface area (Å²) in [7, 11) is 1.64. The molecule has 13 heavy (non-hydrogen) atoms. The molecule has 0 aromatic heterocycles. The van der Waals surface area contributed by atoms with Gasteiger partial charge in [0.05, 0.1) is 12.1 Å². The molecule has 1 N–H and O–H groups in total. The Hall–Kier alpha value is -0.730. The molecule has 0 saturated heterocycles. The number of rotatable bonds is 1. The van der Waals surface area contributed by atoms with Gasteiger partial charge >= 0.3 is 0 Å².